The molecule has 1 aromatic rings. The van der Waals surface area contributed by atoms with Crippen LogP contribution in [0.3, 0.4) is 0 Å². The fourth-order valence-electron chi connectivity index (χ4n) is 1.72. The second-order valence-electron chi connectivity index (χ2n) is 3.84. The van der Waals surface area contributed by atoms with Crippen LogP contribution in [0.5, 0.6) is 11.5 Å². The van der Waals surface area contributed by atoms with Crippen LogP contribution in [0.1, 0.15) is 19.3 Å². The summed E-state index contributed by atoms with van der Waals surface area (Å²) in [5.74, 6) is 1.71. The summed E-state index contributed by atoms with van der Waals surface area (Å²) in [4.78, 5) is 0. The van der Waals surface area contributed by atoms with E-state index in [-0.39, 0.29) is 6.10 Å². The zero-order valence-electron chi connectivity index (χ0n) is 9.39. The van der Waals surface area contributed by atoms with E-state index < -0.39 is 0 Å². The zero-order valence-corrected chi connectivity index (χ0v) is 9.39. The Morgan fingerprint density at radius 1 is 1.25 bits per heavy atom. The first-order valence-corrected chi connectivity index (χ1v) is 5.73. The molecule has 16 heavy (non-hydrogen) atoms. The van der Waals surface area contributed by atoms with Gasteiger partial charge < -0.3 is 9.47 Å². The third kappa shape index (κ3) is 2.78. The van der Waals surface area contributed by atoms with E-state index in [0.717, 1.165) is 30.8 Å². The van der Waals surface area contributed by atoms with Gasteiger partial charge in [-0.1, -0.05) is 24.3 Å². The molecule has 0 aliphatic carbocycles. The highest BCUT2D eigenvalue weighted by Gasteiger charge is 2.19. The smallest absolute Gasteiger partial charge is 0.161 e. The van der Waals surface area contributed by atoms with Crippen LogP contribution >= 0.6 is 0 Å². The van der Waals surface area contributed by atoms with Gasteiger partial charge in [0, 0.05) is 0 Å². The van der Waals surface area contributed by atoms with E-state index >= 15 is 0 Å². The van der Waals surface area contributed by atoms with E-state index in [1.54, 1.807) is 0 Å². The maximum Gasteiger partial charge on any atom is 0.161 e. The lowest BCUT2D eigenvalue weighted by Gasteiger charge is -2.26. The zero-order chi connectivity index (χ0) is 11.2. The Morgan fingerprint density at radius 3 is 2.88 bits per heavy atom. The van der Waals surface area contributed by atoms with Crippen molar-refractivity contribution < 1.29 is 9.47 Å². The van der Waals surface area contributed by atoms with Crippen molar-refractivity contribution in [2.75, 3.05) is 6.61 Å². The van der Waals surface area contributed by atoms with Crippen molar-refractivity contribution in [3.8, 4) is 11.5 Å². The number of hydrogen-bond acceptors (Lipinski definition) is 2. The Bertz CT molecular complexity index is 358. The highest BCUT2D eigenvalue weighted by Crippen LogP contribution is 2.31. The van der Waals surface area contributed by atoms with Crippen LogP contribution in [-0.4, -0.2) is 12.7 Å². The van der Waals surface area contributed by atoms with Crippen LogP contribution in [-0.2, 0) is 0 Å². The number of rotatable bonds is 4. The second-order valence-corrected chi connectivity index (χ2v) is 3.84. The summed E-state index contributed by atoms with van der Waals surface area (Å²) in [5, 5.41) is 0. The summed E-state index contributed by atoms with van der Waals surface area (Å²) < 4.78 is 11.5. The molecule has 1 atom stereocenters. The number of benzene rings is 1. The average Bonchev–Trinajstić information content (AvgIpc) is 2.34. The Balaban J connectivity index is 1.86. The summed E-state index contributed by atoms with van der Waals surface area (Å²) in [6.45, 7) is 4.41. The van der Waals surface area contributed by atoms with Gasteiger partial charge in [-0.15, -0.1) is 0 Å². The van der Waals surface area contributed by atoms with Crippen molar-refractivity contribution in [2.24, 2.45) is 0 Å². The first kappa shape index (κ1) is 11.1. The molecule has 1 aliphatic heterocycles. The van der Waals surface area contributed by atoms with Gasteiger partial charge in [-0.05, 0) is 38.3 Å². The number of ether oxygens (including phenoxy) is 2. The van der Waals surface area contributed by atoms with E-state index in [1.165, 1.54) is 0 Å². The molecule has 0 saturated carbocycles. The largest absolute Gasteiger partial charge is 0.486 e. The lowest BCUT2D eigenvalue weighted by atomic mass is 10.1. The fraction of sp³-hybridized carbons (Fsp3) is 0.357. The minimum absolute atomic E-state index is 0.171. The van der Waals surface area contributed by atoms with Crippen LogP contribution < -0.4 is 9.47 Å². The van der Waals surface area contributed by atoms with Crippen molar-refractivity contribution in [3.63, 3.8) is 0 Å². The molecule has 0 amide bonds. The molecule has 2 nitrogen and oxygen atoms in total. The third-order valence-electron chi connectivity index (χ3n) is 2.56. The van der Waals surface area contributed by atoms with Crippen LogP contribution in [0.4, 0.5) is 0 Å². The Hall–Kier alpha value is -1.44. The molecule has 1 unspecified atom stereocenters. The SMILES string of the molecule is [CH2]C/C=C/CCC1COc2ccccc2O1. The van der Waals surface area contributed by atoms with Crippen LogP contribution in [0, 0.1) is 6.92 Å². The first-order chi connectivity index (χ1) is 7.90. The molecule has 0 N–H and O–H groups in total. The quantitative estimate of drug-likeness (QED) is 0.720. The Labute approximate surface area is 96.9 Å². The number of fused-ring (bicyclic) bond motifs is 1. The summed E-state index contributed by atoms with van der Waals surface area (Å²) in [5.41, 5.74) is 0. The summed E-state index contributed by atoms with van der Waals surface area (Å²) in [6, 6.07) is 7.81. The van der Waals surface area contributed by atoms with Gasteiger partial charge in [-0.25, -0.2) is 0 Å². The molecule has 0 bridgehead atoms. The molecule has 2 heteroatoms. The van der Waals surface area contributed by atoms with E-state index in [2.05, 4.69) is 19.1 Å². The lowest BCUT2D eigenvalue weighted by molar-refractivity contribution is 0.0856. The topological polar surface area (TPSA) is 18.5 Å². The van der Waals surface area contributed by atoms with Gasteiger partial charge in [-0.2, -0.15) is 0 Å². The molecular weight excluding hydrogens is 200 g/mol. The minimum atomic E-state index is 0.171. The molecular formula is C14H17O2. The Kier molecular flexibility index (Phi) is 3.86. The van der Waals surface area contributed by atoms with Crippen molar-refractivity contribution in [1.29, 1.82) is 0 Å². The van der Waals surface area contributed by atoms with Crippen molar-refractivity contribution >= 4 is 0 Å². The Morgan fingerprint density at radius 2 is 2.06 bits per heavy atom. The van der Waals surface area contributed by atoms with Gasteiger partial charge in [0.05, 0.1) is 0 Å². The molecule has 0 aromatic heterocycles. The van der Waals surface area contributed by atoms with Crippen molar-refractivity contribution in [2.45, 2.75) is 25.4 Å². The molecule has 0 fully saturated rings. The predicted molar refractivity (Wildman–Crippen MR) is 64.7 cm³/mol. The highest BCUT2D eigenvalue weighted by atomic mass is 16.6. The molecule has 0 spiro atoms. The van der Waals surface area contributed by atoms with Gasteiger partial charge in [0.15, 0.2) is 11.5 Å². The van der Waals surface area contributed by atoms with Crippen LogP contribution in [0.15, 0.2) is 36.4 Å². The van der Waals surface area contributed by atoms with E-state index in [0.29, 0.717) is 6.61 Å². The van der Waals surface area contributed by atoms with Gasteiger partial charge in [0.2, 0.25) is 0 Å². The number of allylic oxidation sites excluding steroid dienone is 2. The van der Waals surface area contributed by atoms with E-state index in [9.17, 15) is 0 Å². The highest BCUT2D eigenvalue weighted by molar-refractivity contribution is 5.40. The summed E-state index contributed by atoms with van der Waals surface area (Å²) >= 11 is 0. The molecule has 1 heterocycles. The summed E-state index contributed by atoms with van der Waals surface area (Å²) in [7, 11) is 0. The monoisotopic (exact) mass is 217 g/mol. The van der Waals surface area contributed by atoms with Gasteiger partial charge in [0.1, 0.15) is 12.7 Å². The molecule has 1 aromatic carbocycles. The number of para-hydroxylation sites is 2. The third-order valence-corrected chi connectivity index (χ3v) is 2.56. The first-order valence-electron chi connectivity index (χ1n) is 5.73. The van der Waals surface area contributed by atoms with Gasteiger partial charge in [-0.3, -0.25) is 0 Å². The van der Waals surface area contributed by atoms with Gasteiger partial charge in [0.25, 0.3) is 0 Å². The second kappa shape index (κ2) is 5.59. The maximum atomic E-state index is 5.84. The fourth-order valence-corrected chi connectivity index (χ4v) is 1.72. The lowest BCUT2D eigenvalue weighted by Crippen LogP contribution is -2.28. The predicted octanol–water partition coefficient (Wildman–Crippen LogP) is 3.39. The van der Waals surface area contributed by atoms with Crippen LogP contribution in [0.2, 0.25) is 0 Å². The normalized spacial score (nSPS) is 18.9. The molecule has 0 saturated heterocycles. The summed E-state index contributed by atoms with van der Waals surface area (Å²) in [6.07, 6.45) is 7.26. The van der Waals surface area contributed by atoms with E-state index in [1.807, 2.05) is 24.3 Å². The molecule has 1 radical (unpaired) electrons. The minimum Gasteiger partial charge on any atom is -0.486 e. The van der Waals surface area contributed by atoms with Crippen LogP contribution in [0.25, 0.3) is 0 Å². The van der Waals surface area contributed by atoms with Crippen molar-refractivity contribution in [1.82, 2.24) is 0 Å². The molecule has 1 aliphatic rings. The van der Waals surface area contributed by atoms with E-state index in [4.69, 9.17) is 9.47 Å². The molecule has 2 rings (SSSR count). The number of hydrogen-bond donors (Lipinski definition) is 0. The van der Waals surface area contributed by atoms with Gasteiger partial charge >= 0.3 is 0 Å². The average molecular weight is 217 g/mol. The van der Waals surface area contributed by atoms with Crippen molar-refractivity contribution in [3.05, 3.63) is 43.3 Å². The standard InChI is InChI=1S/C14H17O2/c1-2-3-4-5-8-12-11-15-13-9-6-7-10-14(13)16-12/h3-4,6-7,9-10,12H,1-2,5,8,11H2/b4-3+. The molecule has 85 valence electrons. The maximum absolute atomic E-state index is 5.84.